The number of aromatic nitrogens is 2. The number of nitrogen functional groups attached to an aromatic ring is 2. The molecule has 6 rings (SSSR count). The predicted molar refractivity (Wildman–Crippen MR) is 165 cm³/mol. The lowest BCUT2D eigenvalue weighted by Gasteiger charge is -2.09. The van der Waals surface area contributed by atoms with E-state index in [1.54, 1.807) is 42.5 Å². The number of benzene rings is 5. The largest absolute Gasteiger partial charge is 0.457 e. The summed E-state index contributed by atoms with van der Waals surface area (Å²) >= 11 is 0. The van der Waals surface area contributed by atoms with E-state index in [-0.39, 0.29) is 5.91 Å². The van der Waals surface area contributed by atoms with E-state index in [4.69, 9.17) is 21.2 Å². The summed E-state index contributed by atoms with van der Waals surface area (Å²) < 4.78 is 6.04. The van der Waals surface area contributed by atoms with Crippen molar-refractivity contribution in [3.63, 3.8) is 0 Å². The van der Waals surface area contributed by atoms with E-state index in [1.807, 2.05) is 60.7 Å². The van der Waals surface area contributed by atoms with Crippen LogP contribution in [0.25, 0.3) is 33.9 Å². The molecule has 7 nitrogen and oxygen atoms in total. The molecule has 7 heteroatoms. The number of amides is 1. The normalized spacial score (nSPS) is 10.7. The summed E-state index contributed by atoms with van der Waals surface area (Å²) in [6, 6.07) is 40.0. The number of nitrogens with one attached hydrogen (secondary N) is 2. The van der Waals surface area contributed by atoms with Crippen molar-refractivity contribution in [2.75, 3.05) is 16.8 Å². The SMILES string of the molecule is Nc1cc(N)cc(C(=O)Nc2ccc(Oc3ccc(-c4nc(-c5ccccc5)c(-c5ccccc5)[nH]4)cc3)cc2)c1. The lowest BCUT2D eigenvalue weighted by atomic mass is 10.1. The Morgan fingerprint density at radius 3 is 1.83 bits per heavy atom. The summed E-state index contributed by atoms with van der Waals surface area (Å²) in [5, 5.41) is 2.84. The molecule has 0 saturated carbocycles. The molecule has 0 atom stereocenters. The van der Waals surface area contributed by atoms with Gasteiger partial charge in [0.2, 0.25) is 0 Å². The van der Waals surface area contributed by atoms with E-state index in [0.29, 0.717) is 34.1 Å². The second kappa shape index (κ2) is 11.1. The van der Waals surface area contributed by atoms with Crippen LogP contribution in [0.2, 0.25) is 0 Å². The monoisotopic (exact) mass is 537 g/mol. The maximum atomic E-state index is 12.6. The highest BCUT2D eigenvalue weighted by Gasteiger charge is 2.15. The molecular formula is C34H27N5O2. The number of anilines is 3. The first kappa shape index (κ1) is 25.5. The minimum Gasteiger partial charge on any atom is -0.457 e. The van der Waals surface area contributed by atoms with Gasteiger partial charge in [-0.25, -0.2) is 4.98 Å². The molecule has 0 aliphatic heterocycles. The average molecular weight is 538 g/mol. The van der Waals surface area contributed by atoms with Crippen LogP contribution in [-0.4, -0.2) is 15.9 Å². The van der Waals surface area contributed by atoms with Gasteiger partial charge in [-0.3, -0.25) is 4.79 Å². The Morgan fingerprint density at radius 2 is 1.22 bits per heavy atom. The second-order valence-electron chi connectivity index (χ2n) is 9.53. The Morgan fingerprint density at radius 1 is 0.659 bits per heavy atom. The molecule has 1 heterocycles. The highest BCUT2D eigenvalue weighted by atomic mass is 16.5. The van der Waals surface area contributed by atoms with E-state index >= 15 is 0 Å². The molecule has 5 aromatic carbocycles. The number of nitrogens with zero attached hydrogens (tertiary/aromatic N) is 1. The first-order valence-corrected chi connectivity index (χ1v) is 13.1. The number of aromatic amines is 1. The first-order valence-electron chi connectivity index (χ1n) is 13.1. The van der Waals surface area contributed by atoms with Crippen molar-refractivity contribution < 1.29 is 9.53 Å². The maximum Gasteiger partial charge on any atom is 0.255 e. The summed E-state index contributed by atoms with van der Waals surface area (Å²) in [7, 11) is 0. The molecule has 6 N–H and O–H groups in total. The molecule has 200 valence electrons. The quantitative estimate of drug-likeness (QED) is 0.156. The number of imidazole rings is 1. The third-order valence-electron chi connectivity index (χ3n) is 6.53. The number of nitrogens with two attached hydrogens (primary N) is 2. The van der Waals surface area contributed by atoms with E-state index in [0.717, 1.165) is 33.9 Å². The molecular weight excluding hydrogens is 510 g/mol. The molecule has 0 fully saturated rings. The van der Waals surface area contributed by atoms with Crippen molar-refractivity contribution >= 4 is 23.0 Å². The van der Waals surface area contributed by atoms with E-state index in [1.165, 1.54) is 0 Å². The van der Waals surface area contributed by atoms with Gasteiger partial charge in [0.1, 0.15) is 17.3 Å². The van der Waals surface area contributed by atoms with Gasteiger partial charge in [0.25, 0.3) is 5.91 Å². The van der Waals surface area contributed by atoms with Gasteiger partial charge in [0.15, 0.2) is 0 Å². The zero-order valence-electron chi connectivity index (χ0n) is 22.0. The summed E-state index contributed by atoms with van der Waals surface area (Å²) in [5.74, 6) is 1.80. The third kappa shape index (κ3) is 5.79. The molecule has 1 aromatic heterocycles. The average Bonchev–Trinajstić information content (AvgIpc) is 3.45. The Labute approximate surface area is 237 Å². The molecule has 0 aliphatic carbocycles. The van der Waals surface area contributed by atoms with Gasteiger partial charge in [0, 0.05) is 39.3 Å². The molecule has 0 bridgehead atoms. The van der Waals surface area contributed by atoms with Crippen molar-refractivity contribution in [2.24, 2.45) is 0 Å². The number of carbonyl (C=O) groups excluding carboxylic acids is 1. The predicted octanol–water partition coefficient (Wildman–Crippen LogP) is 7.62. The molecule has 6 aromatic rings. The standard InChI is InChI=1S/C34H27N5O2/c35-26-19-25(20-27(36)21-26)34(40)37-28-13-17-30(18-14-28)41-29-15-11-24(12-16-29)33-38-31(22-7-3-1-4-8-22)32(39-33)23-9-5-2-6-10-23/h1-21H,35-36H2,(H,37,40)(H,38,39). The second-order valence-corrected chi connectivity index (χ2v) is 9.53. The number of ether oxygens (including phenoxy) is 1. The number of rotatable bonds is 7. The van der Waals surface area contributed by atoms with Gasteiger partial charge in [-0.05, 0) is 66.7 Å². The van der Waals surface area contributed by atoms with E-state index in [2.05, 4.69) is 34.6 Å². The highest BCUT2D eigenvalue weighted by molar-refractivity contribution is 6.05. The summed E-state index contributed by atoms with van der Waals surface area (Å²) in [4.78, 5) is 21.0. The fraction of sp³-hybridized carbons (Fsp3) is 0. The Balaban J connectivity index is 1.17. The van der Waals surface area contributed by atoms with Gasteiger partial charge < -0.3 is 26.5 Å². The summed E-state index contributed by atoms with van der Waals surface area (Å²) in [5.41, 5.74) is 18.4. The molecule has 0 saturated heterocycles. The molecule has 1 amide bonds. The van der Waals surface area contributed by atoms with Crippen LogP contribution in [0.4, 0.5) is 17.1 Å². The Kier molecular flexibility index (Phi) is 6.90. The number of hydrogen-bond donors (Lipinski definition) is 4. The van der Waals surface area contributed by atoms with Gasteiger partial charge >= 0.3 is 0 Å². The van der Waals surface area contributed by atoms with E-state index < -0.39 is 0 Å². The zero-order chi connectivity index (χ0) is 28.2. The lowest BCUT2D eigenvalue weighted by molar-refractivity contribution is 0.102. The summed E-state index contributed by atoms with van der Waals surface area (Å²) in [6.07, 6.45) is 0. The van der Waals surface area contributed by atoms with E-state index in [9.17, 15) is 4.79 Å². The first-order chi connectivity index (χ1) is 20.0. The minimum absolute atomic E-state index is 0.294. The molecule has 0 spiro atoms. The van der Waals surface area contributed by atoms with Crippen molar-refractivity contribution in [1.82, 2.24) is 9.97 Å². The topological polar surface area (TPSA) is 119 Å². The van der Waals surface area contributed by atoms with Crippen LogP contribution in [-0.2, 0) is 0 Å². The Hall–Kier alpha value is -5.82. The highest BCUT2D eigenvalue weighted by Crippen LogP contribution is 2.34. The third-order valence-corrected chi connectivity index (χ3v) is 6.53. The fourth-order valence-corrected chi connectivity index (χ4v) is 4.56. The van der Waals surface area contributed by atoms with Crippen LogP contribution in [0, 0.1) is 0 Å². The summed E-state index contributed by atoms with van der Waals surface area (Å²) in [6.45, 7) is 0. The van der Waals surface area contributed by atoms with Crippen molar-refractivity contribution in [1.29, 1.82) is 0 Å². The van der Waals surface area contributed by atoms with Crippen molar-refractivity contribution in [3.05, 3.63) is 133 Å². The van der Waals surface area contributed by atoms with Crippen LogP contribution in [0.3, 0.4) is 0 Å². The molecule has 0 radical (unpaired) electrons. The van der Waals surface area contributed by atoms with Gasteiger partial charge in [-0.2, -0.15) is 0 Å². The number of hydrogen-bond acceptors (Lipinski definition) is 5. The van der Waals surface area contributed by atoms with Gasteiger partial charge in [-0.15, -0.1) is 0 Å². The van der Waals surface area contributed by atoms with Crippen LogP contribution in [0.1, 0.15) is 10.4 Å². The molecule has 41 heavy (non-hydrogen) atoms. The van der Waals surface area contributed by atoms with Crippen LogP contribution in [0.15, 0.2) is 127 Å². The molecule has 0 unspecified atom stereocenters. The molecule has 0 aliphatic rings. The Bertz CT molecular complexity index is 1720. The van der Waals surface area contributed by atoms with Crippen LogP contribution >= 0.6 is 0 Å². The zero-order valence-corrected chi connectivity index (χ0v) is 22.0. The van der Waals surface area contributed by atoms with Gasteiger partial charge in [-0.1, -0.05) is 60.7 Å². The lowest BCUT2D eigenvalue weighted by Crippen LogP contribution is -2.12. The maximum absolute atomic E-state index is 12.6. The van der Waals surface area contributed by atoms with Crippen LogP contribution in [0.5, 0.6) is 11.5 Å². The fourth-order valence-electron chi connectivity index (χ4n) is 4.56. The van der Waals surface area contributed by atoms with Gasteiger partial charge in [0.05, 0.1) is 11.4 Å². The minimum atomic E-state index is -0.294. The smallest absolute Gasteiger partial charge is 0.255 e. The number of carbonyl (C=O) groups is 1. The van der Waals surface area contributed by atoms with Crippen molar-refractivity contribution in [2.45, 2.75) is 0 Å². The number of H-pyrrole nitrogens is 1. The van der Waals surface area contributed by atoms with Crippen molar-refractivity contribution in [3.8, 4) is 45.4 Å². The van der Waals surface area contributed by atoms with Crippen LogP contribution < -0.4 is 21.5 Å².